The summed E-state index contributed by atoms with van der Waals surface area (Å²) in [4.78, 5) is 25.5. The summed E-state index contributed by atoms with van der Waals surface area (Å²) in [6.45, 7) is 5.18. The third-order valence-electron chi connectivity index (χ3n) is 6.84. The number of piperidine rings is 1. The van der Waals surface area contributed by atoms with Crippen LogP contribution in [0.25, 0.3) is 22.3 Å². The number of carbonyl (C=O) groups is 1. The molecule has 2 atom stereocenters. The lowest BCUT2D eigenvalue weighted by Gasteiger charge is -2.37. The van der Waals surface area contributed by atoms with Gasteiger partial charge in [-0.1, -0.05) is 18.2 Å². The molecule has 8 nitrogen and oxygen atoms in total. The summed E-state index contributed by atoms with van der Waals surface area (Å²) in [5.74, 6) is 1.67. The van der Waals surface area contributed by atoms with E-state index in [-0.39, 0.29) is 17.7 Å². The van der Waals surface area contributed by atoms with Gasteiger partial charge in [-0.25, -0.2) is 14.8 Å². The molecule has 3 aromatic rings. The van der Waals surface area contributed by atoms with E-state index in [1.54, 1.807) is 17.0 Å². The lowest BCUT2D eigenvalue weighted by atomic mass is 9.96. The van der Waals surface area contributed by atoms with Crippen LogP contribution in [0.15, 0.2) is 42.5 Å². The third-order valence-corrected chi connectivity index (χ3v) is 6.84. The third kappa shape index (κ3) is 4.50. The molecule has 2 fully saturated rings. The van der Waals surface area contributed by atoms with Crippen molar-refractivity contribution in [2.24, 2.45) is 5.92 Å². The van der Waals surface area contributed by atoms with Crippen LogP contribution in [-0.2, 0) is 4.74 Å². The van der Waals surface area contributed by atoms with Crippen molar-refractivity contribution in [2.45, 2.75) is 32.2 Å². The fourth-order valence-corrected chi connectivity index (χ4v) is 5.08. The number of anilines is 1. The molecule has 2 aliphatic rings. The molecule has 2 aliphatic heterocycles. The molecule has 0 saturated carbocycles. The zero-order chi connectivity index (χ0) is 23.7. The van der Waals surface area contributed by atoms with Crippen LogP contribution in [0.5, 0.6) is 5.75 Å². The number of carboxylic acid groups (broad SMARTS) is 1. The van der Waals surface area contributed by atoms with Gasteiger partial charge >= 0.3 is 6.09 Å². The fourth-order valence-electron chi connectivity index (χ4n) is 5.08. The van der Waals surface area contributed by atoms with Gasteiger partial charge in [0.2, 0.25) is 0 Å². The van der Waals surface area contributed by atoms with Gasteiger partial charge in [-0.15, -0.1) is 0 Å². The van der Waals surface area contributed by atoms with Crippen molar-refractivity contribution in [3.8, 4) is 17.1 Å². The van der Waals surface area contributed by atoms with Crippen LogP contribution in [0.3, 0.4) is 0 Å². The number of hydrogen-bond acceptors (Lipinski definition) is 6. The molecule has 1 unspecified atom stereocenters. The number of nitrogens with zero attached hydrogens (tertiary/aromatic N) is 4. The second kappa shape index (κ2) is 9.46. The Morgan fingerprint density at radius 3 is 2.82 bits per heavy atom. The van der Waals surface area contributed by atoms with E-state index in [1.165, 1.54) is 0 Å². The van der Waals surface area contributed by atoms with Crippen molar-refractivity contribution < 1.29 is 19.7 Å². The van der Waals surface area contributed by atoms with Gasteiger partial charge in [-0.2, -0.15) is 0 Å². The Balaban J connectivity index is 1.48. The number of para-hydroxylation sites is 1. The predicted molar refractivity (Wildman–Crippen MR) is 130 cm³/mol. The predicted octanol–water partition coefficient (Wildman–Crippen LogP) is 4.30. The smallest absolute Gasteiger partial charge is 0.407 e. The Kier molecular flexibility index (Phi) is 6.24. The second-order valence-corrected chi connectivity index (χ2v) is 9.32. The average molecular weight is 463 g/mol. The van der Waals surface area contributed by atoms with Crippen LogP contribution < -0.4 is 4.90 Å². The summed E-state index contributed by atoms with van der Waals surface area (Å²) in [7, 11) is 0. The lowest BCUT2D eigenvalue weighted by molar-refractivity contribution is 0.101. The number of phenols is 1. The van der Waals surface area contributed by atoms with Gasteiger partial charge in [0.1, 0.15) is 11.6 Å². The summed E-state index contributed by atoms with van der Waals surface area (Å²) < 4.78 is 5.44. The van der Waals surface area contributed by atoms with Gasteiger partial charge in [0.05, 0.1) is 23.7 Å². The maximum Gasteiger partial charge on any atom is 0.407 e. The SMILES string of the molecule is Cc1ccc2c(N3CCC[C@H](CN(C(=O)O)C4CCOC4)C3)nc(-c3ccccc3O)nc2c1. The van der Waals surface area contributed by atoms with Crippen LogP contribution in [0.2, 0.25) is 0 Å². The number of ether oxygens (including phenoxy) is 1. The molecule has 1 aromatic heterocycles. The molecule has 2 aromatic carbocycles. The van der Waals surface area contributed by atoms with E-state index < -0.39 is 6.09 Å². The molecule has 178 valence electrons. The summed E-state index contributed by atoms with van der Waals surface area (Å²) >= 11 is 0. The Bertz CT molecular complexity index is 1190. The van der Waals surface area contributed by atoms with Crippen molar-refractivity contribution in [1.29, 1.82) is 0 Å². The molecule has 0 aliphatic carbocycles. The van der Waals surface area contributed by atoms with Crippen LogP contribution >= 0.6 is 0 Å². The van der Waals surface area contributed by atoms with E-state index >= 15 is 0 Å². The number of fused-ring (bicyclic) bond motifs is 1. The first-order valence-corrected chi connectivity index (χ1v) is 11.9. The molecule has 0 radical (unpaired) electrons. The molecule has 2 saturated heterocycles. The molecule has 8 heteroatoms. The van der Waals surface area contributed by atoms with Gasteiger partial charge in [0, 0.05) is 31.6 Å². The standard InChI is InChI=1S/C26H30N4O4/c1-17-8-9-20-22(13-17)27-24(21-6-2-3-7-23(21)31)28-25(20)29-11-4-5-18(14-29)15-30(26(32)33)19-10-12-34-16-19/h2-3,6-9,13,18-19,31H,4-5,10-12,14-16H2,1H3,(H,32,33)/t18-,19?/m0/s1. The highest BCUT2D eigenvalue weighted by Crippen LogP contribution is 2.34. The monoisotopic (exact) mass is 462 g/mol. The number of aryl methyl sites for hydroxylation is 1. The number of amides is 1. The summed E-state index contributed by atoms with van der Waals surface area (Å²) in [6, 6.07) is 13.2. The van der Waals surface area contributed by atoms with Crippen molar-refractivity contribution in [1.82, 2.24) is 14.9 Å². The fraction of sp³-hybridized carbons (Fsp3) is 0.423. The van der Waals surface area contributed by atoms with Crippen LogP contribution in [0.1, 0.15) is 24.8 Å². The minimum Gasteiger partial charge on any atom is -0.507 e. The first-order valence-electron chi connectivity index (χ1n) is 11.9. The maximum absolute atomic E-state index is 12.0. The van der Waals surface area contributed by atoms with Crippen molar-refractivity contribution in [3.05, 3.63) is 48.0 Å². The minimum absolute atomic E-state index is 0.0663. The van der Waals surface area contributed by atoms with E-state index in [0.717, 1.165) is 54.6 Å². The van der Waals surface area contributed by atoms with E-state index in [1.807, 2.05) is 25.1 Å². The largest absolute Gasteiger partial charge is 0.507 e. The average Bonchev–Trinajstić information content (AvgIpc) is 3.36. The second-order valence-electron chi connectivity index (χ2n) is 9.32. The van der Waals surface area contributed by atoms with Gasteiger partial charge in [-0.05, 0) is 61.9 Å². The van der Waals surface area contributed by atoms with Crippen LogP contribution in [-0.4, -0.2) is 70.1 Å². The van der Waals surface area contributed by atoms with Crippen molar-refractivity contribution >= 4 is 22.8 Å². The summed E-state index contributed by atoms with van der Waals surface area (Å²) in [5.41, 5.74) is 2.53. The number of rotatable bonds is 5. The highest BCUT2D eigenvalue weighted by atomic mass is 16.5. The van der Waals surface area contributed by atoms with E-state index in [9.17, 15) is 15.0 Å². The van der Waals surface area contributed by atoms with Crippen molar-refractivity contribution in [3.63, 3.8) is 0 Å². The Morgan fingerprint density at radius 2 is 2.06 bits per heavy atom. The van der Waals surface area contributed by atoms with Gasteiger partial charge in [-0.3, -0.25) is 0 Å². The molecule has 3 heterocycles. The van der Waals surface area contributed by atoms with Gasteiger partial charge < -0.3 is 24.7 Å². The Morgan fingerprint density at radius 1 is 1.21 bits per heavy atom. The molecule has 34 heavy (non-hydrogen) atoms. The zero-order valence-electron chi connectivity index (χ0n) is 19.4. The zero-order valence-corrected chi connectivity index (χ0v) is 19.4. The number of phenolic OH excluding ortho intramolecular Hbond substituents is 1. The highest BCUT2D eigenvalue weighted by Gasteiger charge is 2.32. The van der Waals surface area contributed by atoms with Crippen LogP contribution in [0, 0.1) is 12.8 Å². The number of benzene rings is 2. The van der Waals surface area contributed by atoms with Crippen LogP contribution in [0.4, 0.5) is 10.6 Å². The molecule has 1 amide bonds. The molecule has 0 bridgehead atoms. The Labute approximate surface area is 198 Å². The van der Waals surface area contributed by atoms with E-state index in [2.05, 4.69) is 17.0 Å². The highest BCUT2D eigenvalue weighted by molar-refractivity contribution is 5.92. The number of aromatic nitrogens is 2. The number of aromatic hydroxyl groups is 1. The van der Waals surface area contributed by atoms with Gasteiger partial charge in [0.15, 0.2) is 5.82 Å². The minimum atomic E-state index is -0.877. The molecular formula is C26H30N4O4. The van der Waals surface area contributed by atoms with Gasteiger partial charge in [0.25, 0.3) is 0 Å². The molecular weight excluding hydrogens is 432 g/mol. The maximum atomic E-state index is 12.0. The van der Waals surface area contributed by atoms with E-state index in [0.29, 0.717) is 31.1 Å². The Hall–Kier alpha value is -3.39. The molecule has 2 N–H and O–H groups in total. The summed E-state index contributed by atoms with van der Waals surface area (Å²) in [6.07, 6.45) is 1.81. The quantitative estimate of drug-likeness (QED) is 0.583. The first-order chi connectivity index (χ1) is 16.5. The number of hydrogen-bond donors (Lipinski definition) is 2. The first kappa shape index (κ1) is 22.4. The molecule has 5 rings (SSSR count). The summed E-state index contributed by atoms with van der Waals surface area (Å²) in [5, 5.41) is 21.2. The topological polar surface area (TPSA) is 99.0 Å². The lowest BCUT2D eigenvalue weighted by Crippen LogP contribution is -2.47. The normalized spacial score (nSPS) is 20.6. The van der Waals surface area contributed by atoms with Crippen molar-refractivity contribution in [2.75, 3.05) is 37.7 Å². The molecule has 0 spiro atoms. The van der Waals surface area contributed by atoms with E-state index in [4.69, 9.17) is 14.7 Å².